The summed E-state index contributed by atoms with van der Waals surface area (Å²) in [6, 6.07) is 0.476. The third-order valence-corrected chi connectivity index (χ3v) is 13.1. The van der Waals surface area contributed by atoms with Crippen LogP contribution in [-0.4, -0.2) is 91.2 Å². The number of amides is 1. The first-order valence-corrected chi connectivity index (χ1v) is 16.5. The number of likely N-dealkylation sites (tertiary alicyclic amines) is 1. The molecule has 5 aliphatic rings. The van der Waals surface area contributed by atoms with E-state index in [0.717, 1.165) is 83.4 Å². The number of thioether (sulfide) groups is 1. The van der Waals surface area contributed by atoms with Crippen molar-refractivity contribution in [2.45, 2.75) is 92.7 Å². The van der Waals surface area contributed by atoms with Gasteiger partial charge in [-0.25, -0.2) is 8.42 Å². The number of sulfone groups is 1. The summed E-state index contributed by atoms with van der Waals surface area (Å²) in [5.41, 5.74) is 0.389. The molecule has 4 atom stereocenters. The normalized spacial score (nSPS) is 38.4. The van der Waals surface area contributed by atoms with Crippen LogP contribution in [0.1, 0.15) is 70.6 Å². The zero-order chi connectivity index (χ0) is 23.5. The lowest BCUT2D eigenvalue weighted by atomic mass is 9.88. The van der Waals surface area contributed by atoms with Crippen molar-refractivity contribution in [2.24, 2.45) is 11.8 Å². The average molecular weight is 513 g/mol. The highest BCUT2D eigenvalue weighted by Gasteiger charge is 2.40. The topological polar surface area (TPSA) is 81.8 Å². The Hall–Kier alpha value is -0.350. The fraction of sp³-hybridized carbons (Fsp3) is 0.960. The van der Waals surface area contributed by atoms with Crippen molar-refractivity contribution in [3.8, 4) is 0 Å². The summed E-state index contributed by atoms with van der Waals surface area (Å²) < 4.78 is 27.1. The molecular formula is C25H44N4O3S2. The van der Waals surface area contributed by atoms with Crippen molar-refractivity contribution < 1.29 is 13.2 Å². The SMILES string of the molecule is O=C(NCC1CCC(S(=O)(=O)C2CCCC(N3CCCCC3)C2)CC1)C1CNC2SCCN2C1. The summed E-state index contributed by atoms with van der Waals surface area (Å²) in [7, 11) is -3.07. The second-order valence-corrected chi connectivity index (χ2v) is 15.0. The van der Waals surface area contributed by atoms with Crippen LogP contribution in [0.25, 0.3) is 0 Å². The van der Waals surface area contributed by atoms with Gasteiger partial charge in [-0.15, -0.1) is 11.8 Å². The zero-order valence-corrected chi connectivity index (χ0v) is 22.3. The number of hydrogen-bond acceptors (Lipinski definition) is 7. The molecular weight excluding hydrogens is 468 g/mol. The van der Waals surface area contributed by atoms with E-state index in [2.05, 4.69) is 20.4 Å². The molecule has 9 heteroatoms. The molecule has 7 nitrogen and oxygen atoms in total. The number of nitrogens with zero attached hydrogens (tertiary/aromatic N) is 2. The fourth-order valence-electron chi connectivity index (χ4n) is 7.01. The lowest BCUT2D eigenvalue weighted by Gasteiger charge is -2.40. The van der Waals surface area contributed by atoms with E-state index in [-0.39, 0.29) is 22.3 Å². The van der Waals surface area contributed by atoms with Crippen LogP contribution in [0.5, 0.6) is 0 Å². The van der Waals surface area contributed by atoms with E-state index < -0.39 is 9.84 Å². The minimum Gasteiger partial charge on any atom is -0.356 e. The molecule has 2 N–H and O–H groups in total. The van der Waals surface area contributed by atoms with Crippen molar-refractivity contribution >= 4 is 27.5 Å². The average Bonchev–Trinajstić information content (AvgIpc) is 3.36. The van der Waals surface area contributed by atoms with Gasteiger partial charge in [-0.05, 0) is 76.8 Å². The van der Waals surface area contributed by atoms with Crippen LogP contribution in [0.2, 0.25) is 0 Å². The highest BCUT2D eigenvalue weighted by Crippen LogP contribution is 2.36. The first-order valence-electron chi connectivity index (χ1n) is 13.8. The molecule has 3 saturated heterocycles. The molecule has 2 aliphatic carbocycles. The summed E-state index contributed by atoms with van der Waals surface area (Å²) in [6.07, 6.45) is 11.2. The Morgan fingerprint density at radius 2 is 1.71 bits per heavy atom. The molecule has 5 rings (SSSR count). The van der Waals surface area contributed by atoms with Gasteiger partial charge >= 0.3 is 0 Å². The van der Waals surface area contributed by atoms with Crippen LogP contribution in [0.3, 0.4) is 0 Å². The number of fused-ring (bicyclic) bond motifs is 1. The van der Waals surface area contributed by atoms with Crippen molar-refractivity contribution in [1.82, 2.24) is 20.4 Å². The van der Waals surface area contributed by atoms with E-state index in [1.165, 1.54) is 25.7 Å². The van der Waals surface area contributed by atoms with Crippen LogP contribution < -0.4 is 10.6 Å². The van der Waals surface area contributed by atoms with Gasteiger partial charge in [-0.2, -0.15) is 0 Å². The highest BCUT2D eigenvalue weighted by atomic mass is 32.2. The van der Waals surface area contributed by atoms with Gasteiger partial charge < -0.3 is 10.2 Å². The van der Waals surface area contributed by atoms with Crippen molar-refractivity contribution in [3.63, 3.8) is 0 Å². The van der Waals surface area contributed by atoms with E-state index >= 15 is 0 Å². The number of carbonyl (C=O) groups is 1. The Kier molecular flexibility index (Phi) is 8.46. The Bertz CT molecular complexity index is 796. The number of rotatable bonds is 6. The third-order valence-electron chi connectivity index (χ3n) is 9.14. The van der Waals surface area contributed by atoms with Gasteiger partial charge in [0.05, 0.1) is 16.4 Å². The summed E-state index contributed by atoms with van der Waals surface area (Å²) in [5.74, 6) is 1.72. The molecule has 0 aromatic rings. The van der Waals surface area contributed by atoms with Crippen LogP contribution in [-0.2, 0) is 14.6 Å². The van der Waals surface area contributed by atoms with Gasteiger partial charge in [-0.3, -0.25) is 15.0 Å². The van der Waals surface area contributed by atoms with E-state index in [0.29, 0.717) is 24.0 Å². The smallest absolute Gasteiger partial charge is 0.225 e. The van der Waals surface area contributed by atoms with Crippen molar-refractivity contribution in [1.29, 1.82) is 0 Å². The predicted octanol–water partition coefficient (Wildman–Crippen LogP) is 2.43. The Labute approximate surface area is 210 Å². The molecule has 3 aliphatic heterocycles. The number of nitrogens with one attached hydrogen (secondary N) is 2. The maximum absolute atomic E-state index is 13.5. The number of hydrogen-bond donors (Lipinski definition) is 2. The van der Waals surface area contributed by atoms with E-state index in [9.17, 15) is 13.2 Å². The molecule has 4 unspecified atom stereocenters. The van der Waals surface area contributed by atoms with Gasteiger partial charge in [-0.1, -0.05) is 12.8 Å². The highest BCUT2D eigenvalue weighted by molar-refractivity contribution is 8.00. The standard InChI is InChI=1S/C25H44N4O3S2/c30-24(20-17-27-25-29(18-20)13-14-33-25)26-16-19-7-9-22(10-8-19)34(31,32)23-6-4-5-21(15-23)28-11-2-1-3-12-28/h19-23,25,27H,1-18H2,(H,26,30). The van der Waals surface area contributed by atoms with Crippen molar-refractivity contribution in [2.75, 3.05) is 45.0 Å². The van der Waals surface area contributed by atoms with E-state index in [4.69, 9.17) is 0 Å². The minimum absolute atomic E-state index is 0.0193. The molecule has 5 fully saturated rings. The molecule has 0 spiro atoms. The van der Waals surface area contributed by atoms with Crippen molar-refractivity contribution in [3.05, 3.63) is 0 Å². The maximum atomic E-state index is 13.5. The first kappa shape index (κ1) is 25.3. The van der Waals surface area contributed by atoms with Gasteiger partial charge in [0, 0.05) is 38.0 Å². The second kappa shape index (κ2) is 11.4. The minimum atomic E-state index is -3.07. The predicted molar refractivity (Wildman–Crippen MR) is 138 cm³/mol. The maximum Gasteiger partial charge on any atom is 0.225 e. The van der Waals surface area contributed by atoms with Crippen LogP contribution in [0.4, 0.5) is 0 Å². The van der Waals surface area contributed by atoms with Gasteiger partial charge in [0.15, 0.2) is 9.84 Å². The number of piperidine rings is 1. The van der Waals surface area contributed by atoms with Gasteiger partial charge in [0.25, 0.3) is 0 Å². The monoisotopic (exact) mass is 512 g/mol. The molecule has 34 heavy (non-hydrogen) atoms. The Morgan fingerprint density at radius 3 is 2.50 bits per heavy atom. The molecule has 0 aromatic carbocycles. The molecule has 3 heterocycles. The van der Waals surface area contributed by atoms with Crippen LogP contribution in [0.15, 0.2) is 0 Å². The van der Waals surface area contributed by atoms with E-state index in [1.54, 1.807) is 0 Å². The van der Waals surface area contributed by atoms with E-state index in [1.807, 2.05) is 11.8 Å². The molecule has 0 bridgehead atoms. The quantitative estimate of drug-likeness (QED) is 0.566. The van der Waals surface area contributed by atoms with Gasteiger partial charge in [0.1, 0.15) is 5.50 Å². The summed E-state index contributed by atoms with van der Waals surface area (Å²) >= 11 is 1.93. The zero-order valence-electron chi connectivity index (χ0n) is 20.6. The summed E-state index contributed by atoms with van der Waals surface area (Å²) in [4.78, 5) is 17.7. The Balaban J connectivity index is 1.06. The first-order chi connectivity index (χ1) is 16.5. The second-order valence-electron chi connectivity index (χ2n) is 11.3. The van der Waals surface area contributed by atoms with Crippen LogP contribution in [0, 0.1) is 11.8 Å². The molecule has 0 aromatic heterocycles. The van der Waals surface area contributed by atoms with Gasteiger partial charge in [0.2, 0.25) is 5.91 Å². The third kappa shape index (κ3) is 5.79. The van der Waals surface area contributed by atoms with Crippen LogP contribution >= 0.6 is 11.8 Å². The summed E-state index contributed by atoms with van der Waals surface area (Å²) in [6.45, 7) is 5.67. The lowest BCUT2D eigenvalue weighted by molar-refractivity contribution is -0.126. The summed E-state index contributed by atoms with van der Waals surface area (Å²) in [5, 5.41) is 6.37. The Morgan fingerprint density at radius 1 is 0.912 bits per heavy atom. The number of carbonyl (C=O) groups excluding carboxylic acids is 1. The molecule has 2 saturated carbocycles. The molecule has 0 radical (unpaired) electrons. The lowest BCUT2D eigenvalue weighted by Crippen LogP contribution is -2.55. The molecule has 194 valence electrons. The fourth-order valence-corrected chi connectivity index (χ4v) is 10.6. The molecule has 1 amide bonds. The largest absolute Gasteiger partial charge is 0.356 e.